The number of hydrogen-bond acceptors (Lipinski definition) is 2. The monoisotopic (exact) mass is 258 g/mol. The molecule has 0 aliphatic rings. The van der Waals surface area contributed by atoms with Crippen LogP contribution in [-0.2, 0) is 6.42 Å². The third-order valence-corrected chi connectivity index (χ3v) is 3.05. The quantitative estimate of drug-likeness (QED) is 0.739. The minimum absolute atomic E-state index is 0.240. The summed E-state index contributed by atoms with van der Waals surface area (Å²) in [4.78, 5) is 7.67. The maximum atomic E-state index is 9.40. The fraction of sp³-hybridized carbons (Fsp3) is 0.0714. The van der Waals surface area contributed by atoms with E-state index < -0.39 is 0 Å². The number of aromatic hydroxyl groups is 1. The van der Waals surface area contributed by atoms with Crippen LogP contribution in [0.5, 0.6) is 5.75 Å². The van der Waals surface area contributed by atoms with Crippen molar-refractivity contribution in [1.82, 2.24) is 9.97 Å². The molecule has 90 valence electrons. The van der Waals surface area contributed by atoms with Crippen molar-refractivity contribution < 1.29 is 5.11 Å². The molecular formula is C14H11ClN2O. The molecular weight excluding hydrogens is 248 g/mol. The van der Waals surface area contributed by atoms with Crippen molar-refractivity contribution in [3.63, 3.8) is 0 Å². The summed E-state index contributed by atoms with van der Waals surface area (Å²) in [6, 6.07) is 12.8. The summed E-state index contributed by atoms with van der Waals surface area (Å²) in [5.74, 6) is 1.11. The predicted molar refractivity (Wildman–Crippen MR) is 72.0 cm³/mol. The number of fused-ring (bicyclic) bond motifs is 1. The summed E-state index contributed by atoms with van der Waals surface area (Å²) in [7, 11) is 0. The molecule has 0 saturated heterocycles. The van der Waals surface area contributed by atoms with Gasteiger partial charge in [-0.2, -0.15) is 0 Å². The summed E-state index contributed by atoms with van der Waals surface area (Å²) in [6.07, 6.45) is 0.715. The zero-order chi connectivity index (χ0) is 12.5. The minimum Gasteiger partial charge on any atom is -0.508 e. The zero-order valence-electron chi connectivity index (χ0n) is 9.52. The SMILES string of the molecule is Oc1ccc2nc(Cc3ccc(Cl)cc3)[nH]c2c1. The standard InChI is InChI=1S/C14H11ClN2O/c15-10-3-1-9(2-4-10)7-14-16-12-6-5-11(18)8-13(12)17-14/h1-6,8,18H,7H2,(H,16,17). The average Bonchev–Trinajstić information content (AvgIpc) is 2.73. The third-order valence-electron chi connectivity index (χ3n) is 2.80. The lowest BCUT2D eigenvalue weighted by atomic mass is 10.1. The van der Waals surface area contributed by atoms with Crippen LogP contribution in [0.4, 0.5) is 0 Å². The molecule has 3 nitrogen and oxygen atoms in total. The van der Waals surface area contributed by atoms with Gasteiger partial charge in [-0.1, -0.05) is 23.7 Å². The molecule has 1 aromatic heterocycles. The van der Waals surface area contributed by atoms with Gasteiger partial charge in [0.05, 0.1) is 11.0 Å². The summed E-state index contributed by atoms with van der Waals surface area (Å²) in [5, 5.41) is 10.1. The maximum Gasteiger partial charge on any atom is 0.117 e. The van der Waals surface area contributed by atoms with E-state index >= 15 is 0 Å². The third kappa shape index (κ3) is 2.17. The van der Waals surface area contributed by atoms with E-state index in [1.54, 1.807) is 18.2 Å². The molecule has 0 aliphatic heterocycles. The van der Waals surface area contributed by atoms with Crippen molar-refractivity contribution in [2.75, 3.05) is 0 Å². The van der Waals surface area contributed by atoms with Gasteiger partial charge in [0.2, 0.25) is 0 Å². The highest BCUT2D eigenvalue weighted by atomic mass is 35.5. The first kappa shape index (κ1) is 11.1. The molecule has 1 heterocycles. The number of phenols is 1. The second-order valence-corrected chi connectivity index (χ2v) is 4.62. The van der Waals surface area contributed by atoms with Crippen LogP contribution in [0, 0.1) is 0 Å². The summed E-state index contributed by atoms with van der Waals surface area (Å²) in [5.41, 5.74) is 2.85. The number of aromatic nitrogens is 2. The van der Waals surface area contributed by atoms with Crippen LogP contribution in [-0.4, -0.2) is 15.1 Å². The Kier molecular flexibility index (Phi) is 2.68. The Balaban J connectivity index is 1.92. The van der Waals surface area contributed by atoms with Crippen LogP contribution >= 0.6 is 11.6 Å². The number of nitrogens with zero attached hydrogens (tertiary/aromatic N) is 1. The number of phenolic OH excluding ortho intramolecular Hbond substituents is 1. The van der Waals surface area contributed by atoms with E-state index in [4.69, 9.17) is 11.6 Å². The number of halogens is 1. The second-order valence-electron chi connectivity index (χ2n) is 4.19. The highest BCUT2D eigenvalue weighted by Crippen LogP contribution is 2.19. The lowest BCUT2D eigenvalue weighted by molar-refractivity contribution is 0.476. The zero-order valence-corrected chi connectivity index (χ0v) is 10.3. The van der Waals surface area contributed by atoms with Crippen LogP contribution in [0.25, 0.3) is 11.0 Å². The van der Waals surface area contributed by atoms with Crippen molar-refractivity contribution in [3.8, 4) is 5.75 Å². The second kappa shape index (κ2) is 4.35. The van der Waals surface area contributed by atoms with Crippen LogP contribution in [0.15, 0.2) is 42.5 Å². The Morgan fingerprint density at radius 3 is 2.67 bits per heavy atom. The Bertz CT molecular complexity index is 689. The van der Waals surface area contributed by atoms with Crippen LogP contribution in [0.2, 0.25) is 5.02 Å². The van der Waals surface area contributed by atoms with Crippen LogP contribution in [0.3, 0.4) is 0 Å². The van der Waals surface area contributed by atoms with Gasteiger partial charge in [-0.25, -0.2) is 4.98 Å². The van der Waals surface area contributed by atoms with Crippen molar-refractivity contribution in [2.24, 2.45) is 0 Å². The number of nitrogens with one attached hydrogen (secondary N) is 1. The van der Waals surface area contributed by atoms with Gasteiger partial charge >= 0.3 is 0 Å². The van der Waals surface area contributed by atoms with Gasteiger partial charge in [0, 0.05) is 17.5 Å². The molecule has 0 saturated carbocycles. The summed E-state index contributed by atoms with van der Waals surface area (Å²) >= 11 is 5.85. The highest BCUT2D eigenvalue weighted by Gasteiger charge is 2.04. The fourth-order valence-corrected chi connectivity index (χ4v) is 2.06. The van der Waals surface area contributed by atoms with Gasteiger partial charge in [-0.05, 0) is 29.8 Å². The van der Waals surface area contributed by atoms with E-state index in [0.29, 0.717) is 6.42 Å². The molecule has 4 heteroatoms. The molecule has 2 aromatic carbocycles. The lowest BCUT2D eigenvalue weighted by Gasteiger charge is -1.97. The lowest BCUT2D eigenvalue weighted by Crippen LogP contribution is -1.89. The predicted octanol–water partition coefficient (Wildman–Crippen LogP) is 3.51. The molecule has 0 amide bonds. The van der Waals surface area contributed by atoms with Gasteiger partial charge in [0.1, 0.15) is 11.6 Å². The molecule has 0 spiro atoms. The molecule has 3 rings (SSSR count). The van der Waals surface area contributed by atoms with E-state index in [9.17, 15) is 5.11 Å². The summed E-state index contributed by atoms with van der Waals surface area (Å²) in [6.45, 7) is 0. The highest BCUT2D eigenvalue weighted by molar-refractivity contribution is 6.30. The van der Waals surface area contributed by atoms with Crippen molar-refractivity contribution in [2.45, 2.75) is 6.42 Å². The molecule has 0 fully saturated rings. The number of aromatic amines is 1. The number of rotatable bonds is 2. The fourth-order valence-electron chi connectivity index (χ4n) is 1.93. The largest absolute Gasteiger partial charge is 0.508 e. The number of hydrogen-bond donors (Lipinski definition) is 2. The average molecular weight is 259 g/mol. The van der Waals surface area contributed by atoms with Crippen molar-refractivity contribution >= 4 is 22.6 Å². The van der Waals surface area contributed by atoms with Gasteiger partial charge in [-0.15, -0.1) is 0 Å². The minimum atomic E-state index is 0.240. The van der Waals surface area contributed by atoms with E-state index in [1.165, 1.54) is 0 Å². The van der Waals surface area contributed by atoms with Crippen LogP contribution in [0.1, 0.15) is 11.4 Å². The topological polar surface area (TPSA) is 48.9 Å². The molecule has 0 bridgehead atoms. The Morgan fingerprint density at radius 2 is 1.89 bits per heavy atom. The molecule has 3 aromatic rings. The van der Waals surface area contributed by atoms with Gasteiger partial charge in [0.15, 0.2) is 0 Å². The Hall–Kier alpha value is -2.00. The maximum absolute atomic E-state index is 9.40. The van der Waals surface area contributed by atoms with E-state index in [0.717, 1.165) is 27.4 Å². The van der Waals surface area contributed by atoms with E-state index in [-0.39, 0.29) is 5.75 Å². The van der Waals surface area contributed by atoms with E-state index in [2.05, 4.69) is 9.97 Å². The molecule has 0 aliphatic carbocycles. The number of H-pyrrole nitrogens is 1. The summed E-state index contributed by atoms with van der Waals surface area (Å²) < 4.78 is 0. The molecule has 0 atom stereocenters. The van der Waals surface area contributed by atoms with Gasteiger partial charge < -0.3 is 10.1 Å². The van der Waals surface area contributed by atoms with Gasteiger partial charge in [-0.3, -0.25) is 0 Å². The van der Waals surface area contributed by atoms with E-state index in [1.807, 2.05) is 24.3 Å². The number of imidazole rings is 1. The smallest absolute Gasteiger partial charge is 0.117 e. The molecule has 0 unspecified atom stereocenters. The number of benzene rings is 2. The first-order chi connectivity index (χ1) is 8.70. The van der Waals surface area contributed by atoms with Crippen LogP contribution < -0.4 is 0 Å². The van der Waals surface area contributed by atoms with Crippen molar-refractivity contribution in [3.05, 3.63) is 58.9 Å². The Labute approximate surface area is 109 Å². The first-order valence-corrected chi connectivity index (χ1v) is 6.00. The van der Waals surface area contributed by atoms with Crippen molar-refractivity contribution in [1.29, 1.82) is 0 Å². The first-order valence-electron chi connectivity index (χ1n) is 5.63. The molecule has 0 radical (unpaired) electrons. The normalized spacial score (nSPS) is 10.9. The molecule has 18 heavy (non-hydrogen) atoms. The molecule has 2 N–H and O–H groups in total. The Morgan fingerprint density at radius 1 is 1.11 bits per heavy atom. The van der Waals surface area contributed by atoms with Gasteiger partial charge in [0.25, 0.3) is 0 Å².